The highest BCUT2D eigenvalue weighted by Crippen LogP contribution is 2.37. The van der Waals surface area contributed by atoms with Crippen molar-refractivity contribution in [3.05, 3.63) is 47.0 Å². The minimum Gasteiger partial charge on any atom is -0.493 e. The van der Waals surface area contributed by atoms with E-state index in [1.165, 1.54) is 0 Å². The van der Waals surface area contributed by atoms with E-state index in [-0.39, 0.29) is 5.57 Å². The van der Waals surface area contributed by atoms with Gasteiger partial charge in [-0.3, -0.25) is 0 Å². The predicted molar refractivity (Wildman–Crippen MR) is 64.2 cm³/mol. The molecule has 0 aromatic heterocycles. The van der Waals surface area contributed by atoms with Crippen molar-refractivity contribution in [1.82, 2.24) is 0 Å². The van der Waals surface area contributed by atoms with Gasteiger partial charge in [-0.2, -0.15) is 10.5 Å². The van der Waals surface area contributed by atoms with Gasteiger partial charge >= 0.3 is 0 Å². The molecule has 0 saturated carbocycles. The lowest BCUT2D eigenvalue weighted by Gasteiger charge is -2.05. The van der Waals surface area contributed by atoms with Crippen LogP contribution in [-0.4, -0.2) is 6.61 Å². The Kier molecular flexibility index (Phi) is 2.94. The van der Waals surface area contributed by atoms with Crippen molar-refractivity contribution in [3.63, 3.8) is 0 Å². The molecule has 0 amide bonds. The number of hydrogen-bond donors (Lipinski definition) is 0. The first-order chi connectivity index (χ1) is 8.31. The highest BCUT2D eigenvalue weighted by atomic mass is 16.5. The molecule has 0 heterocycles. The van der Waals surface area contributed by atoms with Gasteiger partial charge in [-0.25, -0.2) is 0 Å². The molecular weight excluding hydrogens is 212 g/mol. The number of nitriles is 2. The molecule has 0 saturated heterocycles. The van der Waals surface area contributed by atoms with E-state index in [0.717, 1.165) is 16.9 Å². The Labute approximate surface area is 99.9 Å². The van der Waals surface area contributed by atoms with Gasteiger partial charge in [0.25, 0.3) is 0 Å². The van der Waals surface area contributed by atoms with Gasteiger partial charge in [0.2, 0.25) is 0 Å². The molecule has 1 aromatic rings. The van der Waals surface area contributed by atoms with Crippen molar-refractivity contribution in [2.24, 2.45) is 0 Å². The lowest BCUT2D eigenvalue weighted by molar-refractivity contribution is 0.299. The maximum absolute atomic E-state index is 8.93. The number of nitrogens with zero attached hydrogens (tertiary/aromatic N) is 2. The Hall–Kier alpha value is -2.52. The summed E-state index contributed by atoms with van der Waals surface area (Å²) in [5.41, 5.74) is 2.59. The average Bonchev–Trinajstić information content (AvgIpc) is 2.72. The lowest BCUT2D eigenvalue weighted by atomic mass is 10.0. The molecule has 0 N–H and O–H groups in total. The molecule has 3 nitrogen and oxygen atoms in total. The van der Waals surface area contributed by atoms with Crippen LogP contribution in [0.25, 0.3) is 11.3 Å². The number of benzene rings is 1. The fourth-order valence-corrected chi connectivity index (χ4v) is 1.85. The molecule has 82 valence electrons. The number of fused-ring (bicyclic) bond motifs is 1. The highest BCUT2D eigenvalue weighted by molar-refractivity contribution is 5.97. The topological polar surface area (TPSA) is 56.8 Å². The predicted octanol–water partition coefficient (Wildman–Crippen LogP) is 2.88. The third-order valence-electron chi connectivity index (χ3n) is 2.55. The fourth-order valence-electron chi connectivity index (χ4n) is 1.85. The van der Waals surface area contributed by atoms with Gasteiger partial charge in [-0.15, -0.1) is 0 Å². The molecule has 0 fully saturated rings. The van der Waals surface area contributed by atoms with E-state index in [0.29, 0.717) is 12.2 Å². The number of allylic oxidation sites excluding steroid dienone is 3. The summed E-state index contributed by atoms with van der Waals surface area (Å²) in [7, 11) is 0. The van der Waals surface area contributed by atoms with E-state index in [2.05, 4.69) is 0 Å². The van der Waals surface area contributed by atoms with Crippen LogP contribution in [0.3, 0.4) is 0 Å². The molecule has 0 bridgehead atoms. The normalized spacial score (nSPS) is 12.2. The van der Waals surface area contributed by atoms with E-state index in [4.69, 9.17) is 15.3 Å². The number of rotatable bonds is 2. The number of ether oxygens (including phenoxy) is 1. The summed E-state index contributed by atoms with van der Waals surface area (Å²) in [6.07, 6.45) is 1.76. The van der Waals surface area contributed by atoms with Crippen LogP contribution in [0.5, 0.6) is 0 Å². The van der Waals surface area contributed by atoms with E-state index in [9.17, 15) is 0 Å². The quantitative estimate of drug-likeness (QED) is 0.723. The summed E-state index contributed by atoms with van der Waals surface area (Å²) in [5.74, 6) is 0.723. The molecule has 0 unspecified atom stereocenters. The van der Waals surface area contributed by atoms with E-state index >= 15 is 0 Å². The molecule has 1 aliphatic carbocycles. The summed E-state index contributed by atoms with van der Waals surface area (Å²) in [4.78, 5) is 0. The first-order valence-electron chi connectivity index (χ1n) is 5.30. The van der Waals surface area contributed by atoms with Crippen molar-refractivity contribution in [1.29, 1.82) is 10.5 Å². The number of hydrogen-bond acceptors (Lipinski definition) is 3. The fraction of sp³-hybridized carbons (Fsp3) is 0.143. The molecule has 2 rings (SSSR count). The third-order valence-corrected chi connectivity index (χ3v) is 2.55. The van der Waals surface area contributed by atoms with Crippen LogP contribution in [0.1, 0.15) is 18.1 Å². The second-order valence-electron chi connectivity index (χ2n) is 3.50. The van der Waals surface area contributed by atoms with Gasteiger partial charge in [0.05, 0.1) is 6.61 Å². The molecule has 0 atom stereocenters. The monoisotopic (exact) mass is 222 g/mol. The van der Waals surface area contributed by atoms with Crippen molar-refractivity contribution < 1.29 is 4.74 Å². The smallest absolute Gasteiger partial charge is 0.137 e. The zero-order valence-electron chi connectivity index (χ0n) is 9.40. The zero-order valence-corrected chi connectivity index (χ0v) is 9.40. The Morgan fingerprint density at radius 1 is 1.18 bits per heavy atom. The van der Waals surface area contributed by atoms with E-state index < -0.39 is 0 Å². The first-order valence-corrected chi connectivity index (χ1v) is 5.30. The SMILES string of the molecule is CCOC1=CC(=C(C#N)C#N)c2ccccc21. The van der Waals surface area contributed by atoms with Crippen LogP contribution < -0.4 is 0 Å². The van der Waals surface area contributed by atoms with Gasteiger partial charge in [-0.05, 0) is 18.6 Å². The highest BCUT2D eigenvalue weighted by Gasteiger charge is 2.21. The summed E-state index contributed by atoms with van der Waals surface area (Å²) >= 11 is 0. The molecule has 1 aromatic carbocycles. The lowest BCUT2D eigenvalue weighted by Crippen LogP contribution is -1.89. The molecule has 0 aliphatic heterocycles. The van der Waals surface area contributed by atoms with E-state index in [1.54, 1.807) is 6.08 Å². The maximum Gasteiger partial charge on any atom is 0.137 e. The van der Waals surface area contributed by atoms with Crippen molar-refractivity contribution >= 4 is 11.3 Å². The second kappa shape index (κ2) is 4.55. The van der Waals surface area contributed by atoms with E-state index in [1.807, 2.05) is 43.3 Å². The summed E-state index contributed by atoms with van der Waals surface area (Å²) < 4.78 is 5.51. The van der Waals surface area contributed by atoms with Gasteiger partial charge in [-0.1, -0.05) is 24.3 Å². The van der Waals surface area contributed by atoms with Crippen molar-refractivity contribution in [3.8, 4) is 12.1 Å². The largest absolute Gasteiger partial charge is 0.493 e. The summed E-state index contributed by atoms with van der Waals surface area (Å²) in [6.45, 7) is 2.46. The Bertz CT molecular complexity index is 581. The van der Waals surface area contributed by atoms with Crippen LogP contribution in [0.15, 0.2) is 35.9 Å². The minimum atomic E-state index is 0.118. The van der Waals surface area contributed by atoms with Crippen LogP contribution in [0.4, 0.5) is 0 Å². The van der Waals surface area contributed by atoms with Crippen LogP contribution in [0, 0.1) is 22.7 Å². The minimum absolute atomic E-state index is 0.118. The average molecular weight is 222 g/mol. The van der Waals surface area contributed by atoms with Gasteiger partial charge in [0.1, 0.15) is 23.5 Å². The van der Waals surface area contributed by atoms with Crippen molar-refractivity contribution in [2.75, 3.05) is 6.61 Å². The Morgan fingerprint density at radius 2 is 1.82 bits per heavy atom. The molecule has 1 aliphatic rings. The Morgan fingerprint density at radius 3 is 2.41 bits per heavy atom. The van der Waals surface area contributed by atoms with Gasteiger partial charge in [0, 0.05) is 11.1 Å². The maximum atomic E-state index is 8.93. The first kappa shape index (κ1) is 11.0. The molecule has 3 heteroatoms. The Balaban J connectivity index is 2.64. The molecule has 17 heavy (non-hydrogen) atoms. The van der Waals surface area contributed by atoms with Gasteiger partial charge in [0.15, 0.2) is 0 Å². The standard InChI is InChI=1S/C14H10N2O/c1-2-17-14-7-13(10(8-15)9-16)11-5-3-4-6-12(11)14/h3-7H,2H2,1H3. The zero-order chi connectivity index (χ0) is 12.3. The van der Waals surface area contributed by atoms with Crippen LogP contribution >= 0.6 is 0 Å². The van der Waals surface area contributed by atoms with Crippen LogP contribution in [-0.2, 0) is 4.74 Å². The summed E-state index contributed by atoms with van der Waals surface area (Å²) in [6, 6.07) is 11.4. The van der Waals surface area contributed by atoms with Crippen LogP contribution in [0.2, 0.25) is 0 Å². The second-order valence-corrected chi connectivity index (χ2v) is 3.50. The molecular formula is C14H10N2O. The molecule has 0 spiro atoms. The van der Waals surface area contributed by atoms with Crippen molar-refractivity contribution in [2.45, 2.75) is 6.92 Å². The van der Waals surface area contributed by atoms with Gasteiger partial charge < -0.3 is 4.74 Å². The third kappa shape index (κ3) is 1.79. The summed E-state index contributed by atoms with van der Waals surface area (Å²) in [5, 5.41) is 17.9. The molecule has 0 radical (unpaired) electrons.